The maximum absolute atomic E-state index is 5.06. The van der Waals surface area contributed by atoms with Crippen molar-refractivity contribution in [2.75, 3.05) is 0 Å². The highest BCUT2D eigenvalue weighted by Gasteiger charge is 2.22. The molecule has 0 N–H and O–H groups in total. The number of pyridine rings is 2. The quantitative estimate of drug-likeness (QED) is 0.252. The molecule has 178 valence electrons. The Morgan fingerprint density at radius 2 is 1.13 bits per heavy atom. The van der Waals surface area contributed by atoms with Gasteiger partial charge in [0.1, 0.15) is 5.82 Å². The van der Waals surface area contributed by atoms with Crippen LogP contribution >= 0.6 is 0 Å². The van der Waals surface area contributed by atoms with Crippen LogP contribution in [0.25, 0.3) is 66.4 Å². The normalized spacial score (nSPS) is 11.7. The molecule has 4 aromatic carbocycles. The fourth-order valence-corrected chi connectivity index (χ4v) is 5.76. The van der Waals surface area contributed by atoms with Crippen molar-refractivity contribution >= 4 is 43.7 Å². The Morgan fingerprint density at radius 1 is 0.474 bits per heavy atom. The number of para-hydroxylation sites is 3. The Labute approximate surface area is 219 Å². The van der Waals surface area contributed by atoms with E-state index in [0.717, 1.165) is 55.4 Å². The second-order valence-corrected chi connectivity index (χ2v) is 9.53. The summed E-state index contributed by atoms with van der Waals surface area (Å²) in [4.78, 5) is 9.96. The molecule has 38 heavy (non-hydrogen) atoms. The summed E-state index contributed by atoms with van der Waals surface area (Å²) in [5, 5.41) is 3.42. The third-order valence-corrected chi connectivity index (χ3v) is 7.41. The van der Waals surface area contributed by atoms with E-state index in [1.54, 1.807) is 0 Å². The van der Waals surface area contributed by atoms with Crippen LogP contribution < -0.4 is 0 Å². The lowest BCUT2D eigenvalue weighted by Gasteiger charge is -2.12. The van der Waals surface area contributed by atoms with E-state index in [0.29, 0.717) is 0 Å². The van der Waals surface area contributed by atoms with Gasteiger partial charge in [0.2, 0.25) is 0 Å². The van der Waals surface area contributed by atoms with Crippen LogP contribution in [0, 0.1) is 0 Å². The summed E-state index contributed by atoms with van der Waals surface area (Å²) in [5.41, 5.74) is 8.82. The van der Waals surface area contributed by atoms with Gasteiger partial charge in [-0.05, 0) is 47.5 Å². The Balaban J connectivity index is 1.57. The standard InChI is InChI=1S/C34H22N4/c1-3-11-23(12-4-1)24-19-20-35-31(21-24)38-30-18-10-8-16-27(30)32-34(38)33-28(22-36-32)26-15-7-9-17-29(26)37(33)25-13-5-2-6-14-25/h1-22H. The van der Waals surface area contributed by atoms with Gasteiger partial charge >= 0.3 is 0 Å². The van der Waals surface area contributed by atoms with E-state index in [9.17, 15) is 0 Å². The summed E-state index contributed by atoms with van der Waals surface area (Å²) in [6, 6.07) is 42.3. The SMILES string of the molecule is c1ccc(-c2ccnc(-n3c4ccccc4c4ncc5c6ccccc6n(-c6ccccc6)c5c43)c2)cc1. The van der Waals surface area contributed by atoms with Crippen LogP contribution in [-0.2, 0) is 0 Å². The minimum absolute atomic E-state index is 0.872. The van der Waals surface area contributed by atoms with E-state index in [2.05, 4.69) is 124 Å². The predicted molar refractivity (Wildman–Crippen MR) is 156 cm³/mol. The van der Waals surface area contributed by atoms with Gasteiger partial charge in [-0.15, -0.1) is 0 Å². The number of aromatic nitrogens is 4. The van der Waals surface area contributed by atoms with E-state index in [-0.39, 0.29) is 0 Å². The Bertz CT molecular complexity index is 2120. The van der Waals surface area contributed by atoms with Crippen molar-refractivity contribution in [2.45, 2.75) is 0 Å². The molecule has 4 nitrogen and oxygen atoms in total. The number of nitrogens with zero attached hydrogens (tertiary/aromatic N) is 4. The molecule has 0 saturated carbocycles. The minimum Gasteiger partial charge on any atom is -0.307 e. The van der Waals surface area contributed by atoms with Crippen LogP contribution in [0.4, 0.5) is 0 Å². The van der Waals surface area contributed by atoms with Gasteiger partial charge < -0.3 is 4.57 Å². The lowest BCUT2D eigenvalue weighted by Crippen LogP contribution is -2.01. The van der Waals surface area contributed by atoms with Gasteiger partial charge in [-0.3, -0.25) is 9.55 Å². The van der Waals surface area contributed by atoms with Crippen LogP contribution in [0.1, 0.15) is 0 Å². The summed E-state index contributed by atoms with van der Waals surface area (Å²) in [6.07, 6.45) is 3.93. The molecule has 8 aromatic rings. The summed E-state index contributed by atoms with van der Waals surface area (Å²) in [5.74, 6) is 0.872. The van der Waals surface area contributed by atoms with Gasteiger partial charge in [0.15, 0.2) is 0 Å². The second kappa shape index (κ2) is 8.15. The Kier molecular flexibility index (Phi) is 4.49. The zero-order chi connectivity index (χ0) is 25.1. The highest BCUT2D eigenvalue weighted by molar-refractivity contribution is 6.22. The van der Waals surface area contributed by atoms with E-state index in [1.165, 1.54) is 10.9 Å². The molecule has 0 aliphatic rings. The third kappa shape index (κ3) is 2.98. The number of benzene rings is 4. The van der Waals surface area contributed by atoms with E-state index < -0.39 is 0 Å². The molecule has 0 aliphatic heterocycles. The number of hydrogen-bond acceptors (Lipinski definition) is 2. The van der Waals surface area contributed by atoms with Crippen molar-refractivity contribution < 1.29 is 0 Å². The molecule has 0 spiro atoms. The molecular weight excluding hydrogens is 464 g/mol. The fourth-order valence-electron chi connectivity index (χ4n) is 5.76. The molecule has 0 saturated heterocycles. The maximum atomic E-state index is 5.06. The van der Waals surface area contributed by atoms with Crippen molar-refractivity contribution in [3.63, 3.8) is 0 Å². The summed E-state index contributed by atoms with van der Waals surface area (Å²) in [6.45, 7) is 0. The molecule has 0 aliphatic carbocycles. The summed E-state index contributed by atoms with van der Waals surface area (Å²) >= 11 is 0. The fraction of sp³-hybridized carbons (Fsp3) is 0. The van der Waals surface area contributed by atoms with Crippen molar-refractivity contribution in [2.24, 2.45) is 0 Å². The molecule has 0 radical (unpaired) electrons. The highest BCUT2D eigenvalue weighted by Crippen LogP contribution is 2.40. The maximum Gasteiger partial charge on any atom is 0.138 e. The first-order chi connectivity index (χ1) is 18.9. The summed E-state index contributed by atoms with van der Waals surface area (Å²) in [7, 11) is 0. The largest absolute Gasteiger partial charge is 0.307 e. The van der Waals surface area contributed by atoms with Crippen LogP contribution in [0.15, 0.2) is 134 Å². The molecule has 0 unspecified atom stereocenters. The molecule has 4 heteroatoms. The van der Waals surface area contributed by atoms with Crippen molar-refractivity contribution in [3.05, 3.63) is 134 Å². The van der Waals surface area contributed by atoms with Crippen LogP contribution in [-0.4, -0.2) is 19.1 Å². The molecule has 4 aromatic heterocycles. The van der Waals surface area contributed by atoms with Crippen molar-refractivity contribution in [1.29, 1.82) is 0 Å². The van der Waals surface area contributed by atoms with E-state index in [4.69, 9.17) is 9.97 Å². The second-order valence-electron chi connectivity index (χ2n) is 9.53. The molecule has 4 heterocycles. The molecule has 8 rings (SSSR count). The minimum atomic E-state index is 0.872. The van der Waals surface area contributed by atoms with Gasteiger partial charge in [-0.2, -0.15) is 0 Å². The topological polar surface area (TPSA) is 35.6 Å². The summed E-state index contributed by atoms with van der Waals surface area (Å²) < 4.78 is 4.65. The van der Waals surface area contributed by atoms with E-state index in [1.807, 2.05) is 18.5 Å². The van der Waals surface area contributed by atoms with Gasteiger partial charge in [0.25, 0.3) is 0 Å². The average Bonchev–Trinajstić information content (AvgIpc) is 3.51. The number of rotatable bonds is 3. The van der Waals surface area contributed by atoms with Gasteiger partial charge in [0.05, 0.1) is 27.6 Å². The first-order valence-electron chi connectivity index (χ1n) is 12.8. The van der Waals surface area contributed by atoms with Gasteiger partial charge in [-0.25, -0.2) is 4.98 Å². The first-order valence-corrected chi connectivity index (χ1v) is 12.8. The number of fused-ring (bicyclic) bond motifs is 7. The Hall–Kier alpha value is -5.22. The molecular formula is C34H22N4. The van der Waals surface area contributed by atoms with E-state index >= 15 is 0 Å². The van der Waals surface area contributed by atoms with Crippen LogP contribution in [0.5, 0.6) is 0 Å². The highest BCUT2D eigenvalue weighted by atomic mass is 15.1. The lowest BCUT2D eigenvalue weighted by atomic mass is 10.1. The molecule has 0 fully saturated rings. The number of hydrogen-bond donors (Lipinski definition) is 0. The Morgan fingerprint density at radius 3 is 1.92 bits per heavy atom. The monoisotopic (exact) mass is 486 g/mol. The smallest absolute Gasteiger partial charge is 0.138 e. The molecule has 0 bridgehead atoms. The van der Waals surface area contributed by atoms with Crippen LogP contribution in [0.2, 0.25) is 0 Å². The van der Waals surface area contributed by atoms with Crippen LogP contribution in [0.3, 0.4) is 0 Å². The first kappa shape index (κ1) is 20.9. The van der Waals surface area contributed by atoms with Gasteiger partial charge in [-0.1, -0.05) is 84.9 Å². The van der Waals surface area contributed by atoms with Crippen molar-refractivity contribution in [3.8, 4) is 22.6 Å². The third-order valence-electron chi connectivity index (χ3n) is 7.41. The molecule has 0 amide bonds. The predicted octanol–water partition coefficient (Wildman–Crippen LogP) is 8.34. The van der Waals surface area contributed by atoms with Crippen molar-refractivity contribution in [1.82, 2.24) is 19.1 Å². The lowest BCUT2D eigenvalue weighted by molar-refractivity contribution is 1.07. The zero-order valence-electron chi connectivity index (χ0n) is 20.5. The zero-order valence-corrected chi connectivity index (χ0v) is 20.5. The van der Waals surface area contributed by atoms with Gasteiger partial charge in [0, 0.05) is 34.2 Å². The average molecular weight is 487 g/mol. The molecule has 0 atom stereocenters.